The fraction of sp³-hybridized carbons (Fsp3) is 0.700. The van der Waals surface area contributed by atoms with Crippen molar-refractivity contribution in [2.45, 2.75) is 112 Å². The minimum absolute atomic E-state index is 0. The first-order valence-corrected chi connectivity index (χ1v) is 19.5. The molecule has 0 N–H and O–H groups in total. The molecule has 6 nitrogen and oxygen atoms in total. The molecule has 5 aliphatic carbocycles. The van der Waals surface area contributed by atoms with Crippen LogP contribution in [0.5, 0.6) is 0 Å². The van der Waals surface area contributed by atoms with Crippen molar-refractivity contribution in [3.8, 4) is 0 Å². The Balaban J connectivity index is 0.00000270. The van der Waals surface area contributed by atoms with Gasteiger partial charge in [-0.05, 0) is 139 Å². The molecule has 0 aliphatic heterocycles. The Morgan fingerprint density at radius 1 is 0.878 bits per heavy atom. The van der Waals surface area contributed by atoms with Crippen LogP contribution in [-0.2, 0) is 14.9 Å². The first kappa shape index (κ1) is 41.5. The van der Waals surface area contributed by atoms with Crippen LogP contribution in [0.2, 0.25) is 0 Å². The molecule has 0 aromatic heterocycles. The van der Waals surface area contributed by atoms with Crippen molar-refractivity contribution >= 4 is 27.4 Å². The predicted molar refractivity (Wildman–Crippen MR) is 182 cm³/mol. The molecular formula is C40H54Na2O6S. The fourth-order valence-corrected chi connectivity index (χ4v) is 13.7. The number of allylic oxidation sites excluding steroid dienone is 3. The molecule has 0 unspecified atom stereocenters. The van der Waals surface area contributed by atoms with Gasteiger partial charge in [0.15, 0.2) is 0 Å². The normalized spacial score (nSPS) is 39.0. The van der Waals surface area contributed by atoms with Crippen molar-refractivity contribution < 1.29 is 86.8 Å². The van der Waals surface area contributed by atoms with E-state index in [2.05, 4.69) is 54.2 Å². The van der Waals surface area contributed by atoms with Gasteiger partial charge in [0.1, 0.15) is 5.78 Å². The first-order chi connectivity index (χ1) is 21.8. The number of hydrogen-bond acceptors (Lipinski definition) is 6. The summed E-state index contributed by atoms with van der Waals surface area (Å²) in [7, 11) is -4.34. The van der Waals surface area contributed by atoms with Gasteiger partial charge in [0.25, 0.3) is 0 Å². The van der Waals surface area contributed by atoms with Gasteiger partial charge < -0.3 is 14.5 Å². The van der Waals surface area contributed by atoms with Gasteiger partial charge in [-0.3, -0.25) is 4.79 Å². The molecule has 9 heteroatoms. The van der Waals surface area contributed by atoms with Crippen molar-refractivity contribution in [3.63, 3.8) is 0 Å². The van der Waals surface area contributed by atoms with Crippen LogP contribution in [0.15, 0.2) is 42.5 Å². The number of benzene rings is 1. The molecule has 4 saturated carbocycles. The average Bonchev–Trinajstić information content (AvgIpc) is 3.38. The van der Waals surface area contributed by atoms with E-state index in [-0.39, 0.29) is 111 Å². The van der Waals surface area contributed by atoms with Crippen LogP contribution in [0.3, 0.4) is 0 Å². The summed E-state index contributed by atoms with van der Waals surface area (Å²) in [5.74, 6) is 0.508. The van der Waals surface area contributed by atoms with Gasteiger partial charge in [-0.25, -0.2) is 8.42 Å². The third-order valence-corrected chi connectivity index (χ3v) is 16.2. The summed E-state index contributed by atoms with van der Waals surface area (Å²) in [6, 6.07) is 7.21. The van der Waals surface area contributed by atoms with Gasteiger partial charge >= 0.3 is 59.1 Å². The standard InChI is InChI=1S/C40H56O6S.2Na/c1-25(2)28-16-21-40(33(41)9-8-24-47(44,45)46)23-22-38(6)30(34(28)40)14-15-32-37(5)19-17-29(26-10-12-27(13-11-26)35(42)43)36(3,4)31(37)18-20-39(32,38)7;;/h10-13,17,28,30-32,34H,1,8-9,14-16,18-24H2,2-7H3,(H,42,43)(H,44,45,46);;/q;2*+1/p-2/t28-,30+,31-,32+,34+,37-,38+,39+,40+;;/m0../s1. The van der Waals surface area contributed by atoms with Gasteiger partial charge in [0, 0.05) is 17.6 Å². The molecule has 0 bridgehead atoms. The quantitative estimate of drug-likeness (QED) is 0.231. The number of carboxylic acids is 1. The Morgan fingerprint density at radius 3 is 2.12 bits per heavy atom. The summed E-state index contributed by atoms with van der Waals surface area (Å²) < 4.78 is 34.0. The molecular weight excluding hydrogens is 654 g/mol. The van der Waals surface area contributed by atoms with Crippen LogP contribution < -0.4 is 64.2 Å². The van der Waals surface area contributed by atoms with E-state index < -0.39 is 27.3 Å². The number of fused-ring (bicyclic) bond motifs is 7. The zero-order chi connectivity index (χ0) is 34.4. The van der Waals surface area contributed by atoms with Gasteiger partial charge in [0.2, 0.25) is 0 Å². The molecule has 49 heavy (non-hydrogen) atoms. The number of carbonyl (C=O) groups excluding carboxylic acids is 2. The molecule has 0 spiro atoms. The van der Waals surface area contributed by atoms with E-state index in [4.69, 9.17) is 0 Å². The summed E-state index contributed by atoms with van der Waals surface area (Å²) in [5, 5.41) is 11.4. The van der Waals surface area contributed by atoms with E-state index in [1.165, 1.54) is 11.1 Å². The SMILES string of the molecule is C=C(C)[C@@H]1CC[C@]2(C(=O)CCCS(=O)(=O)[O-])CC[C@]3(C)[C@H](CC[C@@H]4[C@@]5(C)CC=C(c6ccc(C(=O)[O-])cc6)C(C)(C)[C@@H]5CC[C@]43C)[C@@H]12.[Na+].[Na+]. The number of hydrogen-bond donors (Lipinski definition) is 0. The largest absolute Gasteiger partial charge is 1.00 e. The molecule has 0 radical (unpaired) electrons. The molecule has 258 valence electrons. The number of aromatic carboxylic acids is 1. The Kier molecular flexibility index (Phi) is 12.0. The summed E-state index contributed by atoms with van der Waals surface area (Å²) in [4.78, 5) is 25.5. The maximum absolute atomic E-state index is 14.1. The summed E-state index contributed by atoms with van der Waals surface area (Å²) in [6.07, 6.45) is 11.9. The monoisotopic (exact) mass is 708 g/mol. The predicted octanol–water partition coefficient (Wildman–Crippen LogP) is 1.60. The Hall–Kier alpha value is -0.250. The first-order valence-electron chi connectivity index (χ1n) is 18.0. The molecule has 5 aliphatic rings. The van der Waals surface area contributed by atoms with Crippen molar-refractivity contribution in [2.24, 2.45) is 56.7 Å². The zero-order valence-electron chi connectivity index (χ0n) is 31.3. The van der Waals surface area contributed by atoms with E-state index in [9.17, 15) is 27.7 Å². The summed E-state index contributed by atoms with van der Waals surface area (Å²) in [6.45, 7) is 19.0. The van der Waals surface area contributed by atoms with Crippen LogP contribution >= 0.6 is 0 Å². The molecule has 0 amide bonds. The second kappa shape index (κ2) is 14.2. The average molecular weight is 709 g/mol. The second-order valence-electron chi connectivity index (χ2n) is 17.5. The van der Waals surface area contributed by atoms with Crippen LogP contribution in [0.4, 0.5) is 0 Å². The molecule has 0 heterocycles. The Morgan fingerprint density at radius 2 is 1.53 bits per heavy atom. The maximum Gasteiger partial charge on any atom is 1.00 e. The van der Waals surface area contributed by atoms with Crippen molar-refractivity contribution in [3.05, 3.63) is 53.6 Å². The summed E-state index contributed by atoms with van der Waals surface area (Å²) in [5.41, 5.74) is 3.58. The van der Waals surface area contributed by atoms with E-state index in [1.807, 2.05) is 12.1 Å². The third-order valence-electron chi connectivity index (χ3n) is 15.4. The minimum Gasteiger partial charge on any atom is -0.748 e. The second-order valence-corrected chi connectivity index (χ2v) is 19.1. The minimum atomic E-state index is -4.34. The van der Waals surface area contributed by atoms with Crippen LogP contribution in [0.25, 0.3) is 5.57 Å². The van der Waals surface area contributed by atoms with Crippen molar-refractivity contribution in [1.82, 2.24) is 0 Å². The van der Waals surface area contributed by atoms with E-state index in [0.717, 1.165) is 63.4 Å². The molecule has 6 rings (SSSR count). The van der Waals surface area contributed by atoms with E-state index in [0.29, 0.717) is 23.7 Å². The van der Waals surface area contributed by atoms with E-state index >= 15 is 0 Å². The van der Waals surface area contributed by atoms with Gasteiger partial charge in [-0.1, -0.05) is 77.1 Å². The van der Waals surface area contributed by atoms with E-state index in [1.54, 1.807) is 12.1 Å². The van der Waals surface area contributed by atoms with Crippen LogP contribution in [-0.4, -0.2) is 30.5 Å². The number of ketones is 1. The number of carbonyl (C=O) groups is 2. The Bertz CT molecular complexity index is 1620. The Labute approximate surface area is 339 Å². The molecule has 0 saturated heterocycles. The van der Waals surface area contributed by atoms with Crippen LogP contribution in [0.1, 0.15) is 128 Å². The topological polar surface area (TPSA) is 114 Å². The molecule has 4 fully saturated rings. The van der Waals surface area contributed by atoms with Gasteiger partial charge in [-0.15, -0.1) is 0 Å². The molecule has 9 atom stereocenters. The van der Waals surface area contributed by atoms with Crippen LogP contribution in [0, 0.1) is 56.7 Å². The number of rotatable bonds is 8. The van der Waals surface area contributed by atoms with Gasteiger partial charge in [-0.2, -0.15) is 0 Å². The summed E-state index contributed by atoms with van der Waals surface area (Å²) >= 11 is 0. The number of carboxylic acid groups (broad SMARTS) is 1. The zero-order valence-corrected chi connectivity index (χ0v) is 36.1. The van der Waals surface area contributed by atoms with Crippen molar-refractivity contribution in [2.75, 3.05) is 5.75 Å². The number of Topliss-reactive ketones (excluding diaryl/α,β-unsaturated/α-hetero) is 1. The smallest absolute Gasteiger partial charge is 0.748 e. The van der Waals surface area contributed by atoms with Crippen molar-refractivity contribution in [1.29, 1.82) is 0 Å². The third kappa shape index (κ3) is 6.53. The molecule has 1 aromatic rings. The maximum atomic E-state index is 14.1. The fourth-order valence-electron chi connectivity index (χ4n) is 13.2. The van der Waals surface area contributed by atoms with Gasteiger partial charge in [0.05, 0.1) is 16.1 Å². The molecule has 1 aromatic carbocycles.